The number of hydrogen-bond donors (Lipinski definition) is 0. The maximum absolute atomic E-state index is 9.67. The molecule has 0 aliphatic rings. The first kappa shape index (κ1) is 23.3. The average molecular weight is 554 g/mol. The lowest BCUT2D eigenvalue weighted by molar-refractivity contribution is 1.17. The Morgan fingerprint density at radius 1 is 0.500 bits per heavy atom. The third-order valence-corrected chi connectivity index (χ3v) is 9.74. The van der Waals surface area contributed by atoms with Crippen molar-refractivity contribution in [3.8, 4) is 17.4 Å². The number of thiophene rings is 1. The predicted octanol–water partition coefficient (Wildman–Crippen LogP) is 10.4. The lowest BCUT2D eigenvalue weighted by Crippen LogP contribution is -1.96. The molecule has 3 nitrogen and oxygen atoms in total. The van der Waals surface area contributed by atoms with E-state index in [9.17, 15) is 5.26 Å². The van der Waals surface area contributed by atoms with Gasteiger partial charge in [-0.3, -0.25) is 0 Å². The molecule has 0 radical (unpaired) electrons. The summed E-state index contributed by atoms with van der Waals surface area (Å²) < 4.78 is 7.33. The normalized spacial score (nSPS) is 11.9. The quantitative estimate of drug-likeness (QED) is 0.210. The molecule has 0 bridgehead atoms. The summed E-state index contributed by atoms with van der Waals surface area (Å²) in [6.07, 6.45) is 0. The van der Waals surface area contributed by atoms with Crippen molar-refractivity contribution in [2.24, 2.45) is 0 Å². The van der Waals surface area contributed by atoms with Crippen LogP contribution in [-0.4, -0.2) is 9.13 Å². The first-order valence-corrected chi connectivity index (χ1v) is 14.9. The molecule has 6 aromatic carbocycles. The predicted molar refractivity (Wildman–Crippen MR) is 177 cm³/mol. The SMILES string of the molecule is Cc1ccc2sc3ccc(-n4c5ccccc5c5cc(-n6c7ccccc7c7ccc(C#N)cc76)ccc54)cc3c2c1. The molecular weight excluding hydrogens is 531 g/mol. The molecule has 0 unspecified atom stereocenters. The van der Waals surface area contributed by atoms with Crippen molar-refractivity contribution < 1.29 is 0 Å². The van der Waals surface area contributed by atoms with Crippen molar-refractivity contribution in [3.63, 3.8) is 0 Å². The molecule has 196 valence electrons. The Kier molecular flexibility index (Phi) is 4.76. The number of benzene rings is 6. The number of nitrogens with zero attached hydrogens (tertiary/aromatic N) is 3. The first-order valence-electron chi connectivity index (χ1n) is 14.1. The fraction of sp³-hybridized carbons (Fsp3) is 0.0263. The summed E-state index contributed by atoms with van der Waals surface area (Å²) in [5.41, 5.74) is 8.74. The summed E-state index contributed by atoms with van der Waals surface area (Å²) in [4.78, 5) is 0. The van der Waals surface area contributed by atoms with E-state index in [1.54, 1.807) is 0 Å². The van der Waals surface area contributed by atoms with Gasteiger partial charge < -0.3 is 9.13 Å². The highest BCUT2D eigenvalue weighted by Crippen LogP contribution is 2.39. The van der Waals surface area contributed by atoms with E-state index in [0.717, 1.165) is 27.8 Å². The van der Waals surface area contributed by atoms with E-state index < -0.39 is 0 Å². The first-order chi connectivity index (χ1) is 20.7. The zero-order valence-corrected chi connectivity index (χ0v) is 23.6. The standard InChI is InChI=1S/C38H23N3S/c1-23-10-16-37-31(18-23)32-21-26(13-17-38(32)42-37)40-34-9-5-3-7-28(34)30-20-25(12-15-35(30)40)41-33-8-4-2-6-27(33)29-14-11-24(22-39)19-36(29)41/h2-21H,1H3. The Labute approximate surface area is 245 Å². The number of para-hydroxylation sites is 2. The monoisotopic (exact) mass is 553 g/mol. The Hall–Kier alpha value is -5.37. The van der Waals surface area contributed by atoms with E-state index in [2.05, 4.69) is 131 Å². The van der Waals surface area contributed by atoms with E-state index in [1.165, 1.54) is 52.9 Å². The largest absolute Gasteiger partial charge is 0.309 e. The van der Waals surface area contributed by atoms with Crippen LogP contribution in [0.15, 0.2) is 121 Å². The maximum atomic E-state index is 9.67. The second-order valence-electron chi connectivity index (χ2n) is 11.0. The zero-order chi connectivity index (χ0) is 27.9. The van der Waals surface area contributed by atoms with Gasteiger partial charge in [0.2, 0.25) is 0 Å². The fourth-order valence-electron chi connectivity index (χ4n) is 6.71. The summed E-state index contributed by atoms with van der Waals surface area (Å²) in [7, 11) is 0. The second-order valence-corrected chi connectivity index (χ2v) is 12.1. The molecule has 9 rings (SSSR count). The molecule has 3 heterocycles. The van der Waals surface area contributed by atoms with Crippen LogP contribution in [0, 0.1) is 18.3 Å². The minimum absolute atomic E-state index is 0.663. The molecule has 0 spiro atoms. The van der Waals surface area contributed by atoms with Gasteiger partial charge in [0.05, 0.1) is 33.7 Å². The lowest BCUT2D eigenvalue weighted by atomic mass is 10.1. The van der Waals surface area contributed by atoms with E-state index in [1.807, 2.05) is 23.5 Å². The van der Waals surface area contributed by atoms with Crippen LogP contribution in [0.1, 0.15) is 11.1 Å². The summed E-state index contributed by atoms with van der Waals surface area (Å²) in [6, 6.07) is 45.9. The zero-order valence-electron chi connectivity index (χ0n) is 22.8. The van der Waals surface area contributed by atoms with E-state index >= 15 is 0 Å². The molecule has 0 fully saturated rings. The van der Waals surface area contributed by atoms with Crippen LogP contribution in [0.5, 0.6) is 0 Å². The van der Waals surface area contributed by atoms with E-state index in [-0.39, 0.29) is 0 Å². The van der Waals surface area contributed by atoms with Gasteiger partial charge in [0.15, 0.2) is 0 Å². The topological polar surface area (TPSA) is 33.6 Å². The Balaban J connectivity index is 1.33. The molecule has 0 saturated heterocycles. The van der Waals surface area contributed by atoms with Crippen molar-refractivity contribution >= 4 is 75.1 Å². The number of aryl methyl sites for hydroxylation is 1. The number of nitriles is 1. The highest BCUT2D eigenvalue weighted by Gasteiger charge is 2.17. The molecule has 42 heavy (non-hydrogen) atoms. The Bertz CT molecular complexity index is 2600. The van der Waals surface area contributed by atoms with Crippen LogP contribution in [0.3, 0.4) is 0 Å². The minimum atomic E-state index is 0.663. The van der Waals surface area contributed by atoms with E-state index in [4.69, 9.17) is 0 Å². The number of hydrogen-bond acceptors (Lipinski definition) is 2. The second kappa shape index (κ2) is 8.57. The fourth-order valence-corrected chi connectivity index (χ4v) is 7.78. The summed E-state index contributed by atoms with van der Waals surface area (Å²) in [5.74, 6) is 0. The van der Waals surface area contributed by atoms with Gasteiger partial charge in [0, 0.05) is 53.1 Å². The molecule has 3 aromatic heterocycles. The van der Waals surface area contributed by atoms with Crippen LogP contribution in [-0.2, 0) is 0 Å². The minimum Gasteiger partial charge on any atom is -0.309 e. The van der Waals surface area contributed by atoms with Gasteiger partial charge in [0.25, 0.3) is 0 Å². The van der Waals surface area contributed by atoms with Crippen molar-refractivity contribution in [1.82, 2.24) is 9.13 Å². The van der Waals surface area contributed by atoms with Gasteiger partial charge in [-0.05, 0) is 79.7 Å². The van der Waals surface area contributed by atoms with Crippen LogP contribution < -0.4 is 0 Å². The summed E-state index contributed by atoms with van der Waals surface area (Å²) in [5, 5.41) is 17.1. The summed E-state index contributed by atoms with van der Waals surface area (Å²) >= 11 is 1.86. The lowest BCUT2D eigenvalue weighted by Gasteiger charge is -2.11. The van der Waals surface area contributed by atoms with Crippen LogP contribution in [0.25, 0.3) is 75.2 Å². The van der Waals surface area contributed by atoms with Gasteiger partial charge in [-0.1, -0.05) is 54.1 Å². The van der Waals surface area contributed by atoms with Crippen LogP contribution in [0.2, 0.25) is 0 Å². The number of fused-ring (bicyclic) bond motifs is 9. The summed E-state index contributed by atoms with van der Waals surface area (Å²) in [6.45, 7) is 2.16. The molecule has 4 heteroatoms. The molecule has 0 N–H and O–H groups in total. The van der Waals surface area contributed by atoms with Gasteiger partial charge >= 0.3 is 0 Å². The number of aromatic nitrogens is 2. The van der Waals surface area contributed by atoms with Crippen LogP contribution in [0.4, 0.5) is 0 Å². The Morgan fingerprint density at radius 2 is 1.07 bits per heavy atom. The highest BCUT2D eigenvalue weighted by molar-refractivity contribution is 7.25. The molecule has 9 aromatic rings. The maximum Gasteiger partial charge on any atom is 0.0992 e. The molecule has 0 saturated carbocycles. The smallest absolute Gasteiger partial charge is 0.0992 e. The molecule has 0 aliphatic carbocycles. The average Bonchev–Trinajstić information content (AvgIpc) is 3.67. The molecule has 0 amide bonds. The van der Waals surface area contributed by atoms with Crippen molar-refractivity contribution in [1.29, 1.82) is 5.26 Å². The van der Waals surface area contributed by atoms with Crippen molar-refractivity contribution in [2.45, 2.75) is 6.92 Å². The van der Waals surface area contributed by atoms with Gasteiger partial charge in [0.1, 0.15) is 0 Å². The third-order valence-electron chi connectivity index (χ3n) is 8.58. The third kappa shape index (κ3) is 3.20. The van der Waals surface area contributed by atoms with Crippen molar-refractivity contribution in [2.75, 3.05) is 0 Å². The van der Waals surface area contributed by atoms with Crippen molar-refractivity contribution in [3.05, 3.63) is 132 Å². The van der Waals surface area contributed by atoms with Gasteiger partial charge in [-0.2, -0.15) is 5.26 Å². The van der Waals surface area contributed by atoms with Gasteiger partial charge in [-0.25, -0.2) is 0 Å². The molecule has 0 aliphatic heterocycles. The van der Waals surface area contributed by atoms with E-state index in [0.29, 0.717) is 5.56 Å². The number of rotatable bonds is 2. The molecular formula is C38H23N3S. The highest BCUT2D eigenvalue weighted by atomic mass is 32.1. The molecule has 0 atom stereocenters. The van der Waals surface area contributed by atoms with Crippen LogP contribution >= 0.6 is 11.3 Å². The van der Waals surface area contributed by atoms with Gasteiger partial charge in [-0.15, -0.1) is 11.3 Å². The Morgan fingerprint density at radius 3 is 1.83 bits per heavy atom.